The van der Waals surface area contributed by atoms with Gasteiger partial charge in [-0.1, -0.05) is 28.1 Å². The van der Waals surface area contributed by atoms with Crippen LogP contribution in [0.2, 0.25) is 0 Å². The van der Waals surface area contributed by atoms with Gasteiger partial charge in [0.15, 0.2) is 0 Å². The van der Waals surface area contributed by atoms with E-state index >= 15 is 0 Å². The van der Waals surface area contributed by atoms with Crippen LogP contribution < -0.4 is 5.32 Å². The predicted octanol–water partition coefficient (Wildman–Crippen LogP) is 4.62. The molecule has 0 spiro atoms. The second kappa shape index (κ2) is 7.91. The Morgan fingerprint density at radius 3 is 2.36 bits per heavy atom. The largest absolute Gasteiger partial charge is 0.337 e. The molecule has 2 aliphatic rings. The third kappa shape index (κ3) is 3.85. The Balaban J connectivity index is 1.48. The van der Waals surface area contributed by atoms with Gasteiger partial charge in [0, 0.05) is 40.3 Å². The molecule has 0 bridgehead atoms. The van der Waals surface area contributed by atoms with E-state index in [1.807, 2.05) is 66.1 Å². The Morgan fingerprint density at radius 1 is 1.07 bits per heavy atom. The molecule has 2 amide bonds. The number of carbonyl (C=O) groups excluding carboxylic acids is 2. The van der Waals surface area contributed by atoms with Crippen LogP contribution in [0.1, 0.15) is 34.3 Å². The number of hydrogen-bond donors (Lipinski definition) is 1. The van der Waals surface area contributed by atoms with Crippen molar-refractivity contribution in [1.82, 2.24) is 4.90 Å². The maximum Gasteiger partial charge on any atom is 0.253 e. The van der Waals surface area contributed by atoms with Crippen LogP contribution in [-0.2, 0) is 10.2 Å². The van der Waals surface area contributed by atoms with Gasteiger partial charge < -0.3 is 10.2 Å². The number of benzene rings is 2. The second-order valence-corrected chi connectivity index (χ2v) is 9.62. The number of carbonyl (C=O) groups is 2. The van der Waals surface area contributed by atoms with Gasteiger partial charge in [0.2, 0.25) is 5.91 Å². The van der Waals surface area contributed by atoms with E-state index < -0.39 is 5.41 Å². The van der Waals surface area contributed by atoms with E-state index in [1.54, 1.807) is 0 Å². The van der Waals surface area contributed by atoms with E-state index in [2.05, 4.69) is 21.2 Å². The van der Waals surface area contributed by atoms with Gasteiger partial charge in [-0.15, -0.1) is 0 Å². The number of nitrogens with one attached hydrogen (secondary N) is 1. The molecule has 2 fully saturated rings. The normalized spacial score (nSPS) is 17.9. The van der Waals surface area contributed by atoms with Crippen LogP contribution in [0.4, 0.5) is 5.69 Å². The molecule has 1 heterocycles. The highest BCUT2D eigenvalue weighted by Crippen LogP contribution is 2.49. The molecule has 0 aromatic heterocycles. The highest BCUT2D eigenvalue weighted by atomic mass is 79.9. The Labute approximate surface area is 178 Å². The lowest BCUT2D eigenvalue weighted by Gasteiger charge is -2.26. The van der Waals surface area contributed by atoms with Gasteiger partial charge in [0.25, 0.3) is 5.91 Å². The summed E-state index contributed by atoms with van der Waals surface area (Å²) in [6.45, 7) is 3.55. The molecule has 6 heteroatoms. The molecule has 146 valence electrons. The van der Waals surface area contributed by atoms with Crippen molar-refractivity contribution in [1.29, 1.82) is 0 Å². The summed E-state index contributed by atoms with van der Waals surface area (Å²) in [5.41, 5.74) is 3.01. The fourth-order valence-electron chi connectivity index (χ4n) is 3.67. The summed E-state index contributed by atoms with van der Waals surface area (Å²) in [5, 5.41) is 3.09. The lowest BCUT2D eigenvalue weighted by molar-refractivity contribution is -0.118. The van der Waals surface area contributed by atoms with Crippen LogP contribution >= 0.6 is 27.7 Å². The molecule has 1 saturated carbocycles. The Hall–Kier alpha value is -1.79. The lowest BCUT2D eigenvalue weighted by Crippen LogP contribution is -2.37. The quantitative estimate of drug-likeness (QED) is 0.726. The maximum atomic E-state index is 13.0. The molecule has 4 nitrogen and oxygen atoms in total. The number of thioether (sulfide) groups is 1. The third-order valence-corrected chi connectivity index (χ3v) is 7.07. The van der Waals surface area contributed by atoms with Gasteiger partial charge in [-0.3, -0.25) is 9.59 Å². The van der Waals surface area contributed by atoms with Gasteiger partial charge in [0.1, 0.15) is 0 Å². The zero-order valence-corrected chi connectivity index (χ0v) is 18.2. The second-order valence-electron chi connectivity index (χ2n) is 7.48. The molecule has 1 aliphatic heterocycles. The molecule has 4 rings (SSSR count). The Morgan fingerprint density at radius 2 is 1.75 bits per heavy atom. The Kier molecular flexibility index (Phi) is 5.52. The molecule has 1 N–H and O–H groups in total. The van der Waals surface area contributed by atoms with E-state index in [4.69, 9.17) is 0 Å². The number of anilines is 1. The van der Waals surface area contributed by atoms with Crippen molar-refractivity contribution in [3.8, 4) is 0 Å². The average Bonchev–Trinajstić information content (AvgIpc) is 3.52. The number of rotatable bonds is 4. The summed E-state index contributed by atoms with van der Waals surface area (Å²) in [4.78, 5) is 27.6. The smallest absolute Gasteiger partial charge is 0.253 e. The maximum absolute atomic E-state index is 13.0. The SMILES string of the molecule is Cc1cc(C(=O)N2CCSCC2)ccc1NC(=O)C1(c2ccc(Br)cc2)CC1. The standard InChI is InChI=1S/C22H23BrN2O2S/c1-15-14-16(20(26)25-10-12-28-13-11-25)2-7-19(15)24-21(27)22(8-9-22)17-3-5-18(23)6-4-17/h2-7,14H,8-13H2,1H3,(H,24,27). The van der Waals surface area contributed by atoms with Gasteiger partial charge >= 0.3 is 0 Å². The first-order chi connectivity index (χ1) is 13.5. The summed E-state index contributed by atoms with van der Waals surface area (Å²) in [6, 6.07) is 13.6. The van der Waals surface area contributed by atoms with Crippen molar-refractivity contribution in [3.05, 3.63) is 63.6 Å². The molecule has 1 aliphatic carbocycles. The van der Waals surface area contributed by atoms with Gasteiger partial charge in [0.05, 0.1) is 5.41 Å². The third-order valence-electron chi connectivity index (χ3n) is 5.60. The number of nitrogens with zero attached hydrogens (tertiary/aromatic N) is 1. The zero-order chi connectivity index (χ0) is 19.7. The van der Waals surface area contributed by atoms with Crippen molar-refractivity contribution in [2.75, 3.05) is 29.9 Å². The van der Waals surface area contributed by atoms with Crippen LogP contribution in [0, 0.1) is 6.92 Å². The molecule has 0 radical (unpaired) electrons. The average molecular weight is 459 g/mol. The van der Waals surface area contributed by atoms with Crippen molar-refractivity contribution in [2.24, 2.45) is 0 Å². The highest BCUT2D eigenvalue weighted by Gasteiger charge is 2.51. The first-order valence-corrected chi connectivity index (χ1v) is 11.5. The Bertz CT molecular complexity index is 903. The molecular weight excluding hydrogens is 436 g/mol. The predicted molar refractivity (Wildman–Crippen MR) is 118 cm³/mol. The number of amides is 2. The van der Waals surface area contributed by atoms with Crippen molar-refractivity contribution >= 4 is 45.2 Å². The number of halogens is 1. The molecule has 1 saturated heterocycles. The van der Waals surface area contributed by atoms with E-state index in [0.29, 0.717) is 5.56 Å². The van der Waals surface area contributed by atoms with Gasteiger partial charge in [-0.25, -0.2) is 0 Å². The lowest BCUT2D eigenvalue weighted by atomic mass is 9.94. The van der Waals surface area contributed by atoms with Crippen molar-refractivity contribution in [3.63, 3.8) is 0 Å². The van der Waals surface area contributed by atoms with Crippen LogP contribution in [0.5, 0.6) is 0 Å². The summed E-state index contributed by atoms with van der Waals surface area (Å²) in [6.07, 6.45) is 1.73. The molecule has 0 unspecified atom stereocenters. The fraction of sp³-hybridized carbons (Fsp3) is 0.364. The summed E-state index contributed by atoms with van der Waals surface area (Å²) < 4.78 is 1.01. The van der Waals surface area contributed by atoms with Crippen LogP contribution in [-0.4, -0.2) is 41.3 Å². The molecule has 0 atom stereocenters. The zero-order valence-electron chi connectivity index (χ0n) is 15.8. The first kappa shape index (κ1) is 19.5. The summed E-state index contributed by atoms with van der Waals surface area (Å²) in [7, 11) is 0. The van der Waals surface area contributed by atoms with Crippen LogP contribution in [0.3, 0.4) is 0 Å². The van der Waals surface area contributed by atoms with E-state index in [1.165, 1.54) is 0 Å². The fourth-order valence-corrected chi connectivity index (χ4v) is 4.84. The van der Waals surface area contributed by atoms with E-state index in [0.717, 1.165) is 58.7 Å². The van der Waals surface area contributed by atoms with E-state index in [-0.39, 0.29) is 11.8 Å². The summed E-state index contributed by atoms with van der Waals surface area (Å²) >= 11 is 5.33. The monoisotopic (exact) mass is 458 g/mol. The minimum absolute atomic E-state index is 0.0325. The topological polar surface area (TPSA) is 49.4 Å². The van der Waals surface area contributed by atoms with Crippen molar-refractivity contribution in [2.45, 2.75) is 25.2 Å². The molecule has 2 aromatic carbocycles. The molecular formula is C22H23BrN2O2S. The van der Waals surface area contributed by atoms with Crippen LogP contribution in [0.25, 0.3) is 0 Å². The van der Waals surface area contributed by atoms with Gasteiger partial charge in [-0.05, 0) is 61.2 Å². The molecule has 28 heavy (non-hydrogen) atoms. The first-order valence-electron chi connectivity index (χ1n) is 9.55. The number of hydrogen-bond acceptors (Lipinski definition) is 3. The minimum Gasteiger partial charge on any atom is -0.337 e. The number of aryl methyl sites for hydroxylation is 1. The van der Waals surface area contributed by atoms with Crippen molar-refractivity contribution < 1.29 is 9.59 Å². The van der Waals surface area contributed by atoms with Crippen LogP contribution in [0.15, 0.2) is 46.9 Å². The minimum atomic E-state index is -0.424. The van der Waals surface area contributed by atoms with E-state index in [9.17, 15) is 9.59 Å². The van der Waals surface area contributed by atoms with Gasteiger partial charge in [-0.2, -0.15) is 11.8 Å². The highest BCUT2D eigenvalue weighted by molar-refractivity contribution is 9.10. The summed E-state index contributed by atoms with van der Waals surface area (Å²) in [5.74, 6) is 2.11. The molecule has 2 aromatic rings.